The third kappa shape index (κ3) is 6.42. The molecule has 0 saturated heterocycles. The molecule has 10 heteroatoms. The Bertz CT molecular complexity index is 1150. The van der Waals surface area contributed by atoms with Crippen LogP contribution in [0.1, 0.15) is 5.56 Å². The number of anilines is 2. The van der Waals surface area contributed by atoms with E-state index < -0.39 is 12.2 Å². The summed E-state index contributed by atoms with van der Waals surface area (Å²) >= 11 is 23.7. The van der Waals surface area contributed by atoms with Crippen molar-refractivity contribution in [1.29, 1.82) is 0 Å². The Kier molecular flexibility index (Phi) is 7.51. The summed E-state index contributed by atoms with van der Waals surface area (Å²) in [5.74, 6) is 0.302. The van der Waals surface area contributed by atoms with Crippen LogP contribution in [0, 0.1) is 6.92 Å². The lowest BCUT2D eigenvalue weighted by atomic mass is 10.2. The van der Waals surface area contributed by atoms with Crippen LogP contribution < -0.4 is 20.1 Å². The average Bonchev–Trinajstić information content (AvgIpc) is 2.69. The van der Waals surface area contributed by atoms with Crippen molar-refractivity contribution in [1.82, 2.24) is 0 Å². The Balaban J connectivity index is 1.66. The van der Waals surface area contributed by atoms with Gasteiger partial charge < -0.3 is 9.47 Å². The standard InChI is InChI=1S/C21H14Cl4N2O4/c1-11-2-5-14(26-20(28)30-18-6-3-12(22)8-15(18)24)10-17(11)27-21(29)31-19-7-4-13(23)9-16(19)25/h2-10H,1H3,(H,26,28)(H,27,29). The van der Waals surface area contributed by atoms with Gasteiger partial charge in [0.1, 0.15) is 0 Å². The molecular weight excluding hydrogens is 486 g/mol. The van der Waals surface area contributed by atoms with Crippen molar-refractivity contribution in [2.45, 2.75) is 6.92 Å². The number of benzene rings is 3. The van der Waals surface area contributed by atoms with Gasteiger partial charge in [0.05, 0.1) is 10.0 Å². The van der Waals surface area contributed by atoms with Gasteiger partial charge in [0.15, 0.2) is 11.5 Å². The molecule has 0 spiro atoms. The maximum atomic E-state index is 12.2. The van der Waals surface area contributed by atoms with Crippen LogP contribution in [-0.2, 0) is 0 Å². The lowest BCUT2D eigenvalue weighted by molar-refractivity contribution is 0.214. The van der Waals surface area contributed by atoms with Gasteiger partial charge in [-0.05, 0) is 61.0 Å². The Morgan fingerprint density at radius 2 is 1.23 bits per heavy atom. The van der Waals surface area contributed by atoms with E-state index in [0.717, 1.165) is 5.56 Å². The highest BCUT2D eigenvalue weighted by Gasteiger charge is 2.13. The van der Waals surface area contributed by atoms with Gasteiger partial charge in [-0.2, -0.15) is 0 Å². The summed E-state index contributed by atoms with van der Waals surface area (Å²) in [4.78, 5) is 24.4. The maximum Gasteiger partial charge on any atom is 0.417 e. The number of hydrogen-bond acceptors (Lipinski definition) is 4. The predicted octanol–water partition coefficient (Wildman–Crippen LogP) is 7.83. The molecule has 3 rings (SSSR count). The highest BCUT2D eigenvalue weighted by molar-refractivity contribution is 6.36. The Hall–Kier alpha value is -2.64. The van der Waals surface area contributed by atoms with E-state index in [0.29, 0.717) is 21.4 Å². The summed E-state index contributed by atoms with van der Waals surface area (Å²) in [5.41, 5.74) is 1.52. The number of halogens is 4. The topological polar surface area (TPSA) is 76.7 Å². The van der Waals surface area contributed by atoms with Gasteiger partial charge in [0, 0.05) is 21.4 Å². The highest BCUT2D eigenvalue weighted by Crippen LogP contribution is 2.29. The van der Waals surface area contributed by atoms with Crippen molar-refractivity contribution in [3.05, 3.63) is 80.3 Å². The third-order valence-electron chi connectivity index (χ3n) is 3.91. The number of rotatable bonds is 4. The number of aryl methyl sites for hydroxylation is 1. The summed E-state index contributed by atoms with van der Waals surface area (Å²) in [6.45, 7) is 1.78. The summed E-state index contributed by atoms with van der Waals surface area (Å²) in [7, 11) is 0. The molecule has 0 aliphatic heterocycles. The van der Waals surface area contributed by atoms with Crippen molar-refractivity contribution in [2.75, 3.05) is 10.6 Å². The minimum atomic E-state index is -0.769. The van der Waals surface area contributed by atoms with Crippen molar-refractivity contribution >= 4 is 70.0 Å². The molecule has 0 saturated carbocycles. The van der Waals surface area contributed by atoms with Gasteiger partial charge >= 0.3 is 12.2 Å². The van der Waals surface area contributed by atoms with E-state index in [4.69, 9.17) is 55.9 Å². The predicted molar refractivity (Wildman–Crippen MR) is 123 cm³/mol. The van der Waals surface area contributed by atoms with Gasteiger partial charge in [-0.15, -0.1) is 0 Å². The average molecular weight is 500 g/mol. The van der Waals surface area contributed by atoms with Crippen molar-refractivity contribution in [3.63, 3.8) is 0 Å². The molecular formula is C21H14Cl4N2O4. The van der Waals surface area contributed by atoms with Crippen LogP contribution in [0.4, 0.5) is 21.0 Å². The third-order valence-corrected chi connectivity index (χ3v) is 4.97. The number of ether oxygens (including phenoxy) is 2. The fraction of sp³-hybridized carbons (Fsp3) is 0.0476. The number of amides is 2. The molecule has 2 amide bonds. The first kappa shape index (κ1) is 23.0. The zero-order valence-electron chi connectivity index (χ0n) is 15.8. The van der Waals surface area contributed by atoms with Crippen LogP contribution in [0.15, 0.2) is 54.6 Å². The van der Waals surface area contributed by atoms with Crippen molar-refractivity contribution in [2.24, 2.45) is 0 Å². The zero-order chi connectivity index (χ0) is 22.5. The molecule has 0 aromatic heterocycles. The molecule has 0 fully saturated rings. The second-order valence-electron chi connectivity index (χ2n) is 6.21. The van der Waals surface area contributed by atoms with Crippen LogP contribution in [0.5, 0.6) is 11.5 Å². The fourth-order valence-electron chi connectivity index (χ4n) is 2.43. The largest absolute Gasteiger partial charge is 0.417 e. The van der Waals surface area contributed by atoms with Gasteiger partial charge in [-0.3, -0.25) is 10.6 Å². The van der Waals surface area contributed by atoms with Crippen LogP contribution in [0.2, 0.25) is 20.1 Å². The van der Waals surface area contributed by atoms with Gasteiger partial charge in [0.2, 0.25) is 0 Å². The van der Waals surface area contributed by atoms with Gasteiger partial charge in [-0.25, -0.2) is 9.59 Å². The van der Waals surface area contributed by atoms with Crippen molar-refractivity contribution in [3.8, 4) is 11.5 Å². The Morgan fingerprint density at radius 1 is 0.710 bits per heavy atom. The summed E-state index contributed by atoms with van der Waals surface area (Å²) in [6, 6.07) is 13.9. The lowest BCUT2D eigenvalue weighted by Crippen LogP contribution is -2.19. The van der Waals surface area contributed by atoms with E-state index in [1.807, 2.05) is 0 Å². The van der Waals surface area contributed by atoms with E-state index in [1.54, 1.807) is 37.3 Å². The second kappa shape index (κ2) is 10.1. The second-order valence-corrected chi connectivity index (χ2v) is 7.90. The molecule has 0 bridgehead atoms. The van der Waals surface area contributed by atoms with Gasteiger partial charge in [0.25, 0.3) is 0 Å². The molecule has 0 radical (unpaired) electrons. The lowest BCUT2D eigenvalue weighted by Gasteiger charge is -2.13. The molecule has 0 aliphatic rings. The SMILES string of the molecule is Cc1ccc(NC(=O)Oc2ccc(Cl)cc2Cl)cc1NC(=O)Oc1ccc(Cl)cc1Cl. The fourth-order valence-corrected chi connectivity index (χ4v) is 3.32. The molecule has 3 aromatic rings. The van der Waals surface area contributed by atoms with Crippen LogP contribution in [0.3, 0.4) is 0 Å². The molecule has 31 heavy (non-hydrogen) atoms. The van der Waals surface area contributed by atoms with E-state index in [1.165, 1.54) is 24.3 Å². The van der Waals surface area contributed by atoms with Gasteiger partial charge in [-0.1, -0.05) is 52.5 Å². The summed E-state index contributed by atoms with van der Waals surface area (Å²) < 4.78 is 10.4. The Morgan fingerprint density at radius 3 is 1.74 bits per heavy atom. The molecule has 0 heterocycles. The first-order valence-corrected chi connectivity index (χ1v) is 10.2. The van der Waals surface area contributed by atoms with Crippen LogP contribution >= 0.6 is 46.4 Å². The zero-order valence-corrected chi connectivity index (χ0v) is 18.9. The van der Waals surface area contributed by atoms with Crippen LogP contribution in [-0.4, -0.2) is 12.2 Å². The van der Waals surface area contributed by atoms with Crippen molar-refractivity contribution < 1.29 is 19.1 Å². The molecule has 160 valence electrons. The maximum absolute atomic E-state index is 12.2. The monoisotopic (exact) mass is 498 g/mol. The minimum absolute atomic E-state index is 0.150. The molecule has 3 aromatic carbocycles. The highest BCUT2D eigenvalue weighted by atomic mass is 35.5. The number of hydrogen-bond donors (Lipinski definition) is 2. The molecule has 0 aliphatic carbocycles. The van der Waals surface area contributed by atoms with Crippen LogP contribution in [0.25, 0.3) is 0 Å². The molecule has 0 unspecified atom stereocenters. The molecule has 2 N–H and O–H groups in total. The van der Waals surface area contributed by atoms with E-state index >= 15 is 0 Å². The quantitative estimate of drug-likeness (QED) is 0.383. The smallest absolute Gasteiger partial charge is 0.409 e. The number of carbonyl (C=O) groups is 2. The van der Waals surface area contributed by atoms with E-state index in [2.05, 4.69) is 10.6 Å². The van der Waals surface area contributed by atoms with E-state index in [9.17, 15) is 9.59 Å². The number of nitrogens with one attached hydrogen (secondary N) is 2. The summed E-state index contributed by atoms with van der Waals surface area (Å²) in [5, 5.41) is 6.37. The number of carbonyl (C=O) groups excluding carboxylic acids is 2. The molecule has 0 atom stereocenters. The molecule has 6 nitrogen and oxygen atoms in total. The minimum Gasteiger partial charge on any atom is -0.409 e. The normalized spacial score (nSPS) is 10.4. The van der Waals surface area contributed by atoms with E-state index in [-0.39, 0.29) is 21.5 Å². The first-order chi connectivity index (χ1) is 14.7. The first-order valence-electron chi connectivity index (χ1n) is 8.69. The Labute approximate surface area is 198 Å². The summed E-state index contributed by atoms with van der Waals surface area (Å²) in [6.07, 6.45) is -1.53.